The summed E-state index contributed by atoms with van der Waals surface area (Å²) in [6.45, 7) is 4.92. The Kier molecular flexibility index (Phi) is 8.36. The Balaban J connectivity index is 1.54. The molecular weight excluding hydrogens is 482 g/mol. The molecule has 0 unspecified atom stereocenters. The number of amides is 2. The summed E-state index contributed by atoms with van der Waals surface area (Å²) in [4.78, 5) is 31.2. The zero-order chi connectivity index (χ0) is 25.7. The molecule has 0 fully saturated rings. The molecule has 8 heteroatoms. The SMILES string of the molecule is CC(C)CCN(CC(=O)N1CCc2sccc2[C@H]1COc1ccccc1F)C(=O)c1cccc(F)c1. The standard InChI is InChI=1S/C28H30F2N2O3S/c1-19(2)10-13-31(28(34)20-6-5-7-21(29)16-20)17-27(33)32-14-11-26-22(12-15-36-26)24(32)18-35-25-9-4-3-8-23(25)30/h3-9,12,15-16,19,24H,10-11,13-14,17-18H2,1-2H3/t24-/m1/s1. The van der Waals surface area contributed by atoms with Gasteiger partial charge in [0.2, 0.25) is 5.91 Å². The number of thiophene rings is 1. The quantitative estimate of drug-likeness (QED) is 0.369. The van der Waals surface area contributed by atoms with E-state index in [1.165, 1.54) is 34.0 Å². The lowest BCUT2D eigenvalue weighted by Crippen LogP contribution is -2.48. The van der Waals surface area contributed by atoms with Crippen LogP contribution in [0.3, 0.4) is 0 Å². The molecule has 1 aliphatic heterocycles. The molecule has 2 amide bonds. The number of para-hydroxylation sites is 1. The fraction of sp³-hybridized carbons (Fsp3) is 0.357. The van der Waals surface area contributed by atoms with Crippen molar-refractivity contribution in [1.29, 1.82) is 0 Å². The van der Waals surface area contributed by atoms with Gasteiger partial charge in [0.1, 0.15) is 19.0 Å². The lowest BCUT2D eigenvalue weighted by molar-refractivity contribution is -0.135. The van der Waals surface area contributed by atoms with Crippen molar-refractivity contribution in [3.63, 3.8) is 0 Å². The van der Waals surface area contributed by atoms with Gasteiger partial charge in [0.25, 0.3) is 5.91 Å². The van der Waals surface area contributed by atoms with Crippen molar-refractivity contribution in [2.75, 3.05) is 26.2 Å². The van der Waals surface area contributed by atoms with E-state index in [9.17, 15) is 18.4 Å². The Labute approximate surface area is 214 Å². The number of fused-ring (bicyclic) bond motifs is 1. The monoisotopic (exact) mass is 512 g/mol. The van der Waals surface area contributed by atoms with Crippen molar-refractivity contribution >= 4 is 23.2 Å². The second-order valence-electron chi connectivity index (χ2n) is 9.31. The van der Waals surface area contributed by atoms with Crippen LogP contribution < -0.4 is 4.74 Å². The van der Waals surface area contributed by atoms with Gasteiger partial charge in [0.05, 0.1) is 6.04 Å². The number of nitrogens with zero attached hydrogens (tertiary/aromatic N) is 2. The summed E-state index contributed by atoms with van der Waals surface area (Å²) in [5.74, 6) is -1.10. The smallest absolute Gasteiger partial charge is 0.254 e. The number of hydrogen-bond donors (Lipinski definition) is 0. The van der Waals surface area contributed by atoms with Crippen molar-refractivity contribution in [2.24, 2.45) is 5.92 Å². The molecule has 36 heavy (non-hydrogen) atoms. The van der Waals surface area contributed by atoms with Gasteiger partial charge in [0, 0.05) is 23.5 Å². The molecule has 0 saturated carbocycles. The Bertz CT molecular complexity index is 1210. The van der Waals surface area contributed by atoms with Gasteiger partial charge in [-0.05, 0) is 66.1 Å². The third kappa shape index (κ3) is 6.10. The predicted octanol–water partition coefficient (Wildman–Crippen LogP) is 5.72. The van der Waals surface area contributed by atoms with Gasteiger partial charge in [0.15, 0.2) is 11.6 Å². The predicted molar refractivity (Wildman–Crippen MR) is 136 cm³/mol. The lowest BCUT2D eigenvalue weighted by Gasteiger charge is -2.37. The van der Waals surface area contributed by atoms with E-state index in [1.807, 2.05) is 25.3 Å². The van der Waals surface area contributed by atoms with Crippen molar-refractivity contribution in [1.82, 2.24) is 9.80 Å². The van der Waals surface area contributed by atoms with E-state index in [4.69, 9.17) is 4.74 Å². The number of carbonyl (C=O) groups is 2. The maximum Gasteiger partial charge on any atom is 0.254 e. The van der Waals surface area contributed by atoms with Crippen LogP contribution in [-0.4, -0.2) is 47.9 Å². The third-order valence-electron chi connectivity index (χ3n) is 6.31. The van der Waals surface area contributed by atoms with Gasteiger partial charge in [-0.15, -0.1) is 11.3 Å². The zero-order valence-corrected chi connectivity index (χ0v) is 21.3. The highest BCUT2D eigenvalue weighted by Crippen LogP contribution is 2.34. The molecule has 1 aliphatic rings. The first-order valence-electron chi connectivity index (χ1n) is 12.1. The minimum absolute atomic E-state index is 0.0975. The van der Waals surface area contributed by atoms with E-state index < -0.39 is 17.7 Å². The van der Waals surface area contributed by atoms with E-state index in [0.717, 1.165) is 5.56 Å². The van der Waals surface area contributed by atoms with Crippen molar-refractivity contribution in [3.8, 4) is 5.75 Å². The van der Waals surface area contributed by atoms with E-state index in [2.05, 4.69) is 0 Å². The van der Waals surface area contributed by atoms with Crippen LogP contribution in [0.1, 0.15) is 47.1 Å². The van der Waals surface area contributed by atoms with E-state index in [1.54, 1.807) is 40.5 Å². The highest BCUT2D eigenvalue weighted by molar-refractivity contribution is 7.10. The Morgan fingerprint density at radius 1 is 1.14 bits per heavy atom. The van der Waals surface area contributed by atoms with Crippen LogP contribution in [0.25, 0.3) is 0 Å². The molecular formula is C28H30F2N2O3S. The Hall–Kier alpha value is -3.26. The summed E-state index contributed by atoms with van der Waals surface area (Å²) in [5.41, 5.74) is 1.20. The number of carbonyl (C=O) groups excluding carboxylic acids is 2. The minimum atomic E-state index is -0.498. The number of ether oxygens (including phenoxy) is 1. The fourth-order valence-corrected chi connectivity index (χ4v) is 5.26. The van der Waals surface area contributed by atoms with Gasteiger partial charge >= 0.3 is 0 Å². The molecule has 5 nitrogen and oxygen atoms in total. The van der Waals surface area contributed by atoms with Crippen LogP contribution in [0.15, 0.2) is 60.0 Å². The normalized spacial score (nSPS) is 15.0. The average Bonchev–Trinajstić information content (AvgIpc) is 3.34. The van der Waals surface area contributed by atoms with Crippen LogP contribution in [0, 0.1) is 17.6 Å². The largest absolute Gasteiger partial charge is 0.488 e. The average molecular weight is 513 g/mol. The molecule has 0 aliphatic carbocycles. The first-order chi connectivity index (χ1) is 17.3. The molecule has 4 rings (SSSR count). The maximum atomic E-state index is 14.2. The molecule has 190 valence electrons. The molecule has 0 bridgehead atoms. The van der Waals surface area contributed by atoms with Gasteiger partial charge in [-0.2, -0.15) is 0 Å². The number of hydrogen-bond acceptors (Lipinski definition) is 4. The molecule has 3 aromatic rings. The first-order valence-corrected chi connectivity index (χ1v) is 13.0. The summed E-state index contributed by atoms with van der Waals surface area (Å²) < 4.78 is 33.8. The topological polar surface area (TPSA) is 49.9 Å². The highest BCUT2D eigenvalue weighted by Gasteiger charge is 2.34. The Morgan fingerprint density at radius 3 is 2.69 bits per heavy atom. The second-order valence-corrected chi connectivity index (χ2v) is 10.3. The Morgan fingerprint density at radius 2 is 1.94 bits per heavy atom. The van der Waals surface area contributed by atoms with Gasteiger partial charge in [-0.3, -0.25) is 9.59 Å². The van der Waals surface area contributed by atoms with Crippen molar-refractivity contribution in [3.05, 3.63) is 87.6 Å². The molecule has 1 atom stereocenters. The number of benzene rings is 2. The van der Waals surface area contributed by atoms with Crippen LogP contribution in [0.4, 0.5) is 8.78 Å². The lowest BCUT2D eigenvalue weighted by atomic mass is 10.00. The van der Waals surface area contributed by atoms with Crippen LogP contribution >= 0.6 is 11.3 Å². The van der Waals surface area contributed by atoms with Crippen LogP contribution in [0.5, 0.6) is 5.75 Å². The fourth-order valence-electron chi connectivity index (χ4n) is 4.33. The highest BCUT2D eigenvalue weighted by atomic mass is 32.1. The zero-order valence-electron chi connectivity index (χ0n) is 20.5. The summed E-state index contributed by atoms with van der Waals surface area (Å²) in [5, 5.41) is 1.98. The van der Waals surface area contributed by atoms with Crippen molar-refractivity contribution in [2.45, 2.75) is 32.7 Å². The number of rotatable bonds is 9. The van der Waals surface area contributed by atoms with Crippen molar-refractivity contribution < 1.29 is 23.1 Å². The summed E-state index contributed by atoms with van der Waals surface area (Å²) >= 11 is 1.63. The van der Waals surface area contributed by atoms with Gasteiger partial charge in [-0.25, -0.2) is 8.78 Å². The molecule has 2 heterocycles. The summed E-state index contributed by atoms with van der Waals surface area (Å²) in [6, 6.07) is 13.3. The van der Waals surface area contributed by atoms with E-state index in [0.29, 0.717) is 31.8 Å². The molecule has 0 N–H and O–H groups in total. The maximum absolute atomic E-state index is 14.2. The van der Waals surface area contributed by atoms with Crippen LogP contribution in [-0.2, 0) is 11.2 Å². The number of halogens is 2. The molecule has 0 spiro atoms. The second kappa shape index (κ2) is 11.6. The van der Waals surface area contributed by atoms with E-state index >= 15 is 0 Å². The molecule has 0 radical (unpaired) electrons. The van der Waals surface area contributed by atoms with Crippen LogP contribution in [0.2, 0.25) is 0 Å². The van der Waals surface area contributed by atoms with E-state index in [-0.39, 0.29) is 36.3 Å². The van der Waals surface area contributed by atoms with Gasteiger partial charge in [-0.1, -0.05) is 32.0 Å². The summed E-state index contributed by atoms with van der Waals surface area (Å²) in [6.07, 6.45) is 1.42. The molecule has 1 aromatic heterocycles. The molecule has 2 aromatic carbocycles. The van der Waals surface area contributed by atoms with Gasteiger partial charge < -0.3 is 14.5 Å². The third-order valence-corrected chi connectivity index (χ3v) is 7.31. The minimum Gasteiger partial charge on any atom is -0.488 e. The first kappa shape index (κ1) is 25.8. The summed E-state index contributed by atoms with van der Waals surface area (Å²) in [7, 11) is 0. The molecule has 0 saturated heterocycles.